The van der Waals surface area contributed by atoms with Crippen molar-refractivity contribution in [3.05, 3.63) is 0 Å². The van der Waals surface area contributed by atoms with Crippen molar-refractivity contribution in [3.8, 4) is 0 Å². The van der Waals surface area contributed by atoms with Gasteiger partial charge < -0.3 is 0 Å². The molecule has 0 rings (SSSR count). The SMILES string of the molecule is CCC(O)[CH2][SnH]. The van der Waals surface area contributed by atoms with E-state index in [-0.39, 0.29) is 6.10 Å². The van der Waals surface area contributed by atoms with Gasteiger partial charge in [0.15, 0.2) is 0 Å². The van der Waals surface area contributed by atoms with Crippen LogP contribution in [0.25, 0.3) is 0 Å². The van der Waals surface area contributed by atoms with Gasteiger partial charge in [0.25, 0.3) is 0 Å². The maximum absolute atomic E-state index is 8.70. The van der Waals surface area contributed by atoms with E-state index in [2.05, 4.69) is 0 Å². The van der Waals surface area contributed by atoms with Crippen molar-refractivity contribution in [1.82, 2.24) is 0 Å². The summed E-state index contributed by atoms with van der Waals surface area (Å²) in [6, 6.07) is 0. The van der Waals surface area contributed by atoms with Gasteiger partial charge in [-0.3, -0.25) is 0 Å². The summed E-state index contributed by atoms with van der Waals surface area (Å²) in [7, 11) is 0. The van der Waals surface area contributed by atoms with Gasteiger partial charge in [0.1, 0.15) is 0 Å². The summed E-state index contributed by atoms with van der Waals surface area (Å²) in [6.45, 7) is 2.00. The molecule has 0 spiro atoms. The molecule has 0 aromatic rings. The third-order valence-corrected chi connectivity index (χ3v) is 2.30. The van der Waals surface area contributed by atoms with E-state index in [1.165, 1.54) is 22.5 Å². The number of aliphatic hydroxyl groups is 1. The quantitative estimate of drug-likeness (QED) is 0.615. The van der Waals surface area contributed by atoms with Crippen molar-refractivity contribution in [2.45, 2.75) is 23.9 Å². The first kappa shape index (κ1) is 6.76. The Morgan fingerprint density at radius 1 is 1.83 bits per heavy atom. The van der Waals surface area contributed by atoms with Gasteiger partial charge in [0, 0.05) is 0 Å². The van der Waals surface area contributed by atoms with E-state index in [1.54, 1.807) is 0 Å². The number of rotatable bonds is 2. The second-order valence-electron chi connectivity index (χ2n) is 1.30. The van der Waals surface area contributed by atoms with Crippen LogP contribution in [0.5, 0.6) is 0 Å². The number of aliphatic hydroxyl groups excluding tert-OH is 1. The third-order valence-electron chi connectivity index (χ3n) is 0.743. The molecule has 6 heavy (non-hydrogen) atoms. The molecule has 2 heteroatoms. The molecular weight excluding hydrogens is 183 g/mol. The summed E-state index contributed by atoms with van der Waals surface area (Å²) in [4.78, 5) is 0. The van der Waals surface area contributed by atoms with E-state index in [0.29, 0.717) is 0 Å². The molecule has 0 aromatic carbocycles. The first-order valence-electron chi connectivity index (χ1n) is 2.19. The average Bonchev–Trinajstić information content (AvgIpc) is 1.65. The van der Waals surface area contributed by atoms with Crippen LogP contribution < -0.4 is 0 Å². The second-order valence-corrected chi connectivity index (χ2v) is 2.64. The van der Waals surface area contributed by atoms with Crippen molar-refractivity contribution >= 4 is 22.5 Å². The molecule has 0 aliphatic heterocycles. The molecule has 1 N–H and O–H groups in total. The Hall–Kier alpha value is 0.759. The molecule has 1 unspecified atom stereocenters. The van der Waals surface area contributed by atoms with Gasteiger partial charge in [-0.25, -0.2) is 0 Å². The fraction of sp³-hybridized carbons (Fsp3) is 1.00. The summed E-state index contributed by atoms with van der Waals surface area (Å²) in [5, 5.41) is 8.70. The molecule has 0 saturated carbocycles. The van der Waals surface area contributed by atoms with E-state index in [0.717, 1.165) is 10.9 Å². The summed E-state index contributed by atoms with van der Waals surface area (Å²) in [5.41, 5.74) is 0. The van der Waals surface area contributed by atoms with E-state index < -0.39 is 0 Å². The topological polar surface area (TPSA) is 20.2 Å². The maximum atomic E-state index is 8.70. The van der Waals surface area contributed by atoms with Crippen LogP contribution in [0.15, 0.2) is 0 Å². The molecule has 0 amide bonds. The van der Waals surface area contributed by atoms with Crippen LogP contribution in [0.1, 0.15) is 13.3 Å². The molecule has 0 aliphatic carbocycles. The van der Waals surface area contributed by atoms with Crippen LogP contribution in [0.4, 0.5) is 0 Å². The van der Waals surface area contributed by atoms with Crippen LogP contribution in [-0.2, 0) is 0 Å². The number of hydrogen-bond donors (Lipinski definition) is 1. The zero-order valence-electron chi connectivity index (χ0n) is 4.02. The van der Waals surface area contributed by atoms with E-state index in [9.17, 15) is 0 Å². The average molecular weight is 193 g/mol. The van der Waals surface area contributed by atoms with Gasteiger partial charge in [0.05, 0.1) is 0 Å². The fourth-order valence-electron chi connectivity index (χ4n) is 0.167. The molecule has 36 valence electrons. The monoisotopic (exact) mass is 194 g/mol. The van der Waals surface area contributed by atoms with Crippen LogP contribution in [0, 0.1) is 0 Å². The van der Waals surface area contributed by atoms with E-state index >= 15 is 0 Å². The van der Waals surface area contributed by atoms with E-state index in [4.69, 9.17) is 5.11 Å². The van der Waals surface area contributed by atoms with Gasteiger partial charge in [-0.2, -0.15) is 0 Å². The van der Waals surface area contributed by atoms with Crippen molar-refractivity contribution in [1.29, 1.82) is 0 Å². The molecule has 0 aliphatic rings. The second kappa shape index (κ2) is 3.93. The van der Waals surface area contributed by atoms with Crippen LogP contribution in [0.3, 0.4) is 0 Å². The Bertz CT molecular complexity index is 26.7. The standard InChI is InChI=1S/C4H9O.Sn.H/c1-3-4(2)5;;/h4-5H,2-3H2,1H3;;. The van der Waals surface area contributed by atoms with Gasteiger partial charge in [0.2, 0.25) is 0 Å². The molecular formula is C4H10OSn. The zero-order chi connectivity index (χ0) is 4.99. The fourth-order valence-corrected chi connectivity index (χ4v) is 1.12. The van der Waals surface area contributed by atoms with Crippen molar-refractivity contribution in [3.63, 3.8) is 0 Å². The van der Waals surface area contributed by atoms with Crippen LogP contribution >= 0.6 is 0 Å². The molecule has 1 atom stereocenters. The predicted octanol–water partition coefficient (Wildman–Crippen LogP) is 0.0764. The molecule has 0 bridgehead atoms. The predicted molar refractivity (Wildman–Crippen MR) is 28.3 cm³/mol. The van der Waals surface area contributed by atoms with Gasteiger partial charge >= 0.3 is 51.5 Å². The summed E-state index contributed by atoms with van der Waals surface area (Å²) in [5.74, 6) is 0. The normalized spacial score (nSPS) is 14.5. The van der Waals surface area contributed by atoms with Gasteiger partial charge in [-0.15, -0.1) is 0 Å². The summed E-state index contributed by atoms with van der Waals surface area (Å²) >= 11 is 1.19. The van der Waals surface area contributed by atoms with Crippen LogP contribution in [-0.4, -0.2) is 33.7 Å². The third kappa shape index (κ3) is 2.97. The Morgan fingerprint density at radius 2 is 2.33 bits per heavy atom. The molecule has 2 radical (unpaired) electrons. The molecule has 0 heterocycles. The Labute approximate surface area is 51.8 Å². The Kier molecular flexibility index (Phi) is 4.43. The Morgan fingerprint density at radius 3 is 2.33 bits per heavy atom. The first-order chi connectivity index (χ1) is 2.81. The van der Waals surface area contributed by atoms with Gasteiger partial charge in [-0.1, -0.05) is 0 Å². The first-order valence-corrected chi connectivity index (χ1v) is 4.52. The van der Waals surface area contributed by atoms with Crippen molar-refractivity contribution in [2.24, 2.45) is 0 Å². The zero-order valence-corrected chi connectivity index (χ0v) is 7.31. The number of hydrogen-bond acceptors (Lipinski definition) is 1. The van der Waals surface area contributed by atoms with E-state index in [1.807, 2.05) is 6.92 Å². The summed E-state index contributed by atoms with van der Waals surface area (Å²) < 4.78 is 1.02. The summed E-state index contributed by atoms with van der Waals surface area (Å²) in [6.07, 6.45) is 0.911. The Balaban J connectivity index is 2.75. The minimum absolute atomic E-state index is 0.00704. The van der Waals surface area contributed by atoms with Crippen LogP contribution in [0.2, 0.25) is 4.44 Å². The molecule has 0 aromatic heterocycles. The van der Waals surface area contributed by atoms with Crippen molar-refractivity contribution < 1.29 is 5.11 Å². The van der Waals surface area contributed by atoms with Crippen molar-refractivity contribution in [2.75, 3.05) is 0 Å². The molecule has 0 fully saturated rings. The molecule has 0 saturated heterocycles. The van der Waals surface area contributed by atoms with Gasteiger partial charge in [-0.05, 0) is 0 Å². The minimum atomic E-state index is -0.00704. The molecule has 1 nitrogen and oxygen atoms in total.